The van der Waals surface area contributed by atoms with E-state index in [4.69, 9.17) is 4.74 Å². The topological polar surface area (TPSA) is 56.2 Å². The highest BCUT2D eigenvalue weighted by Crippen LogP contribution is 2.24. The number of hydrogen-bond acceptors (Lipinski definition) is 5. The van der Waals surface area contributed by atoms with Gasteiger partial charge in [0, 0.05) is 39.3 Å². The van der Waals surface area contributed by atoms with E-state index in [9.17, 15) is 9.90 Å². The van der Waals surface area contributed by atoms with Gasteiger partial charge in [-0.3, -0.25) is 9.69 Å². The first-order chi connectivity index (χ1) is 12.0. The molecule has 0 bridgehead atoms. The molecule has 0 unspecified atom stereocenters. The largest absolute Gasteiger partial charge is 0.497 e. The second-order valence-electron chi connectivity index (χ2n) is 7.40. The van der Waals surface area contributed by atoms with Crippen LogP contribution >= 0.6 is 0 Å². The third-order valence-corrected chi connectivity index (χ3v) is 5.29. The zero-order valence-corrected chi connectivity index (χ0v) is 15.3. The Morgan fingerprint density at radius 3 is 2.72 bits per heavy atom. The molecule has 1 aromatic rings. The monoisotopic (exact) mass is 347 g/mol. The van der Waals surface area contributed by atoms with Crippen LogP contribution in [-0.2, 0) is 11.2 Å². The number of hydrogen-bond donors (Lipinski definition) is 1. The van der Waals surface area contributed by atoms with Crippen molar-refractivity contribution in [2.24, 2.45) is 0 Å². The number of β-amino-alcohol motifs (C(OH)–C–C–N with tert-alkyl or cyclic N) is 1. The SMILES string of the molecule is COc1cccc(CC(=O)N2CC[C@@](O)(CN3CCN(C)CC3)C2)c1. The van der Waals surface area contributed by atoms with E-state index in [1.165, 1.54) is 0 Å². The van der Waals surface area contributed by atoms with Crippen LogP contribution in [0.15, 0.2) is 24.3 Å². The Bertz CT molecular complexity index is 601. The Morgan fingerprint density at radius 2 is 2.00 bits per heavy atom. The number of carbonyl (C=O) groups excluding carboxylic acids is 1. The first-order valence-electron chi connectivity index (χ1n) is 9.01. The molecule has 0 spiro atoms. The summed E-state index contributed by atoms with van der Waals surface area (Å²) in [7, 11) is 3.75. The quantitative estimate of drug-likeness (QED) is 0.838. The van der Waals surface area contributed by atoms with Gasteiger partial charge in [0.1, 0.15) is 5.75 Å². The van der Waals surface area contributed by atoms with Crippen LogP contribution in [0.5, 0.6) is 5.75 Å². The summed E-state index contributed by atoms with van der Waals surface area (Å²) in [4.78, 5) is 19.0. The minimum atomic E-state index is -0.778. The maximum atomic E-state index is 12.6. The highest BCUT2D eigenvalue weighted by atomic mass is 16.5. The lowest BCUT2D eigenvalue weighted by Gasteiger charge is -2.36. The second kappa shape index (κ2) is 7.72. The van der Waals surface area contributed by atoms with Crippen LogP contribution in [0.4, 0.5) is 0 Å². The van der Waals surface area contributed by atoms with Crippen molar-refractivity contribution in [3.05, 3.63) is 29.8 Å². The van der Waals surface area contributed by atoms with Crippen molar-refractivity contribution < 1.29 is 14.6 Å². The number of methoxy groups -OCH3 is 1. The van der Waals surface area contributed by atoms with E-state index < -0.39 is 5.60 Å². The highest BCUT2D eigenvalue weighted by molar-refractivity contribution is 5.79. The van der Waals surface area contributed by atoms with Crippen molar-refractivity contribution in [1.29, 1.82) is 0 Å². The summed E-state index contributed by atoms with van der Waals surface area (Å²) >= 11 is 0. The van der Waals surface area contributed by atoms with Crippen LogP contribution < -0.4 is 4.74 Å². The Labute approximate surface area is 150 Å². The van der Waals surface area contributed by atoms with E-state index >= 15 is 0 Å². The number of benzene rings is 1. The van der Waals surface area contributed by atoms with Gasteiger partial charge in [-0.2, -0.15) is 0 Å². The van der Waals surface area contributed by atoms with Gasteiger partial charge in [0.25, 0.3) is 0 Å². The lowest BCUT2D eigenvalue weighted by molar-refractivity contribution is -0.130. The van der Waals surface area contributed by atoms with Gasteiger partial charge >= 0.3 is 0 Å². The molecule has 0 aromatic heterocycles. The van der Waals surface area contributed by atoms with Gasteiger partial charge in [-0.1, -0.05) is 12.1 Å². The lowest BCUT2D eigenvalue weighted by atomic mass is 10.0. The van der Waals surface area contributed by atoms with Crippen molar-refractivity contribution in [1.82, 2.24) is 14.7 Å². The number of rotatable bonds is 5. The summed E-state index contributed by atoms with van der Waals surface area (Å²) in [5, 5.41) is 10.9. The van der Waals surface area contributed by atoms with Gasteiger partial charge in [0.05, 0.1) is 25.7 Å². The molecular formula is C19H29N3O3. The number of ether oxygens (including phenoxy) is 1. The molecule has 2 fully saturated rings. The summed E-state index contributed by atoms with van der Waals surface area (Å²) in [6.07, 6.45) is 1.00. The molecule has 2 aliphatic rings. The number of likely N-dealkylation sites (tertiary alicyclic amines) is 1. The van der Waals surface area contributed by atoms with Gasteiger partial charge in [-0.15, -0.1) is 0 Å². The average Bonchev–Trinajstić information content (AvgIpc) is 2.99. The zero-order valence-electron chi connectivity index (χ0n) is 15.3. The van der Waals surface area contributed by atoms with Crippen LogP contribution in [0.2, 0.25) is 0 Å². The van der Waals surface area contributed by atoms with Crippen LogP contribution in [0.1, 0.15) is 12.0 Å². The number of carbonyl (C=O) groups is 1. The first kappa shape index (κ1) is 18.2. The van der Waals surface area contributed by atoms with Crippen LogP contribution in [0, 0.1) is 0 Å². The van der Waals surface area contributed by atoms with E-state index in [-0.39, 0.29) is 5.91 Å². The molecule has 25 heavy (non-hydrogen) atoms. The van der Waals surface area contributed by atoms with Crippen LogP contribution in [-0.4, -0.2) is 91.3 Å². The average molecular weight is 347 g/mol. The fourth-order valence-corrected chi connectivity index (χ4v) is 3.69. The van der Waals surface area contributed by atoms with Crippen molar-refractivity contribution in [3.63, 3.8) is 0 Å². The molecule has 2 aliphatic heterocycles. The Balaban J connectivity index is 1.53. The molecule has 0 aliphatic carbocycles. The lowest BCUT2D eigenvalue weighted by Crippen LogP contribution is -2.52. The third kappa shape index (κ3) is 4.71. The van der Waals surface area contributed by atoms with Gasteiger partial charge in [-0.25, -0.2) is 0 Å². The van der Waals surface area contributed by atoms with Crippen molar-refractivity contribution in [2.75, 3.05) is 60.0 Å². The van der Waals surface area contributed by atoms with Crippen molar-refractivity contribution in [2.45, 2.75) is 18.4 Å². The van der Waals surface area contributed by atoms with E-state index in [1.54, 1.807) is 12.0 Å². The van der Waals surface area contributed by atoms with Crippen LogP contribution in [0.25, 0.3) is 0 Å². The molecule has 138 valence electrons. The molecule has 2 heterocycles. The summed E-state index contributed by atoms with van der Waals surface area (Å²) in [5.41, 5.74) is 0.166. The number of likely N-dealkylation sites (N-methyl/N-ethyl adjacent to an activating group) is 1. The van der Waals surface area contributed by atoms with Gasteiger partial charge in [-0.05, 0) is 31.2 Å². The Kier molecular flexibility index (Phi) is 5.61. The minimum Gasteiger partial charge on any atom is -0.497 e. The number of aliphatic hydroxyl groups is 1. The van der Waals surface area contributed by atoms with E-state index in [0.29, 0.717) is 32.5 Å². The maximum absolute atomic E-state index is 12.6. The number of amides is 1. The summed E-state index contributed by atoms with van der Waals surface area (Å²) in [5.74, 6) is 0.834. The molecule has 1 atom stereocenters. The minimum absolute atomic E-state index is 0.0718. The molecule has 6 nitrogen and oxygen atoms in total. The predicted octanol–water partition coefficient (Wildman–Crippen LogP) is 0.449. The summed E-state index contributed by atoms with van der Waals surface area (Å²) in [6, 6.07) is 7.60. The molecule has 3 rings (SSSR count). The molecule has 0 saturated carbocycles. The maximum Gasteiger partial charge on any atom is 0.227 e. The fraction of sp³-hybridized carbons (Fsp3) is 0.632. The van der Waals surface area contributed by atoms with E-state index in [0.717, 1.165) is 37.5 Å². The first-order valence-corrected chi connectivity index (χ1v) is 9.01. The van der Waals surface area contributed by atoms with Gasteiger partial charge in [0.15, 0.2) is 0 Å². The van der Waals surface area contributed by atoms with Gasteiger partial charge < -0.3 is 19.6 Å². The van der Waals surface area contributed by atoms with Gasteiger partial charge in [0.2, 0.25) is 5.91 Å². The van der Waals surface area contributed by atoms with E-state index in [1.807, 2.05) is 24.3 Å². The summed E-state index contributed by atoms with van der Waals surface area (Å²) in [6.45, 7) is 5.76. The predicted molar refractivity (Wildman–Crippen MR) is 96.8 cm³/mol. The fourth-order valence-electron chi connectivity index (χ4n) is 3.69. The Hall–Kier alpha value is -1.63. The standard InChI is InChI=1S/C19H29N3O3/c1-20-8-10-21(11-9-20)14-19(24)6-7-22(15-19)18(23)13-16-4-3-5-17(12-16)25-2/h3-5,12,24H,6-11,13-15H2,1-2H3/t19-/m1/s1. The molecular weight excluding hydrogens is 318 g/mol. The number of nitrogens with zero attached hydrogens (tertiary/aromatic N) is 3. The molecule has 1 amide bonds. The molecule has 2 saturated heterocycles. The van der Waals surface area contributed by atoms with E-state index in [2.05, 4.69) is 16.8 Å². The highest BCUT2D eigenvalue weighted by Gasteiger charge is 2.39. The van der Waals surface area contributed by atoms with Crippen molar-refractivity contribution >= 4 is 5.91 Å². The summed E-state index contributed by atoms with van der Waals surface area (Å²) < 4.78 is 5.21. The molecule has 1 N–H and O–H groups in total. The molecule has 0 radical (unpaired) electrons. The van der Waals surface area contributed by atoms with Crippen LogP contribution in [0.3, 0.4) is 0 Å². The Morgan fingerprint density at radius 1 is 1.24 bits per heavy atom. The molecule has 1 aromatic carbocycles. The second-order valence-corrected chi connectivity index (χ2v) is 7.40. The molecule has 6 heteroatoms. The van der Waals surface area contributed by atoms with Crippen molar-refractivity contribution in [3.8, 4) is 5.75 Å². The normalized spacial score (nSPS) is 25.3. The third-order valence-electron chi connectivity index (χ3n) is 5.29. The smallest absolute Gasteiger partial charge is 0.227 e. The number of piperazine rings is 1. The zero-order chi connectivity index (χ0) is 17.9.